The lowest BCUT2D eigenvalue weighted by molar-refractivity contribution is -0.131. The van der Waals surface area contributed by atoms with E-state index in [9.17, 15) is 13.6 Å². The molecule has 0 unspecified atom stereocenters. The molecule has 1 aliphatic rings. The van der Waals surface area contributed by atoms with Gasteiger partial charge in [-0.1, -0.05) is 18.2 Å². The summed E-state index contributed by atoms with van der Waals surface area (Å²) >= 11 is 0. The number of piperidine rings is 1. The highest BCUT2D eigenvalue weighted by Gasteiger charge is 2.47. The number of likely N-dealkylation sites (tertiary alicyclic amines) is 1. The molecule has 0 bridgehead atoms. The molecule has 4 heterocycles. The van der Waals surface area contributed by atoms with E-state index in [0.29, 0.717) is 16.7 Å². The van der Waals surface area contributed by atoms with E-state index in [1.807, 2.05) is 18.2 Å². The van der Waals surface area contributed by atoms with Crippen LogP contribution in [0.2, 0.25) is 0 Å². The Morgan fingerprint density at radius 2 is 1.97 bits per heavy atom. The summed E-state index contributed by atoms with van der Waals surface area (Å²) in [5.74, 6) is -3.30. The van der Waals surface area contributed by atoms with Crippen LogP contribution in [-0.4, -0.2) is 50.3 Å². The monoisotopic (exact) mass is 408 g/mol. The predicted octanol–water partition coefficient (Wildman–Crippen LogP) is 3.81. The number of para-hydroxylation sites is 1. The van der Waals surface area contributed by atoms with Crippen molar-refractivity contribution in [2.24, 2.45) is 0 Å². The Kier molecular flexibility index (Phi) is 4.34. The van der Waals surface area contributed by atoms with Crippen molar-refractivity contribution in [3.05, 3.63) is 72.7 Å². The average Bonchev–Trinajstić information content (AvgIpc) is 3.23. The van der Waals surface area contributed by atoms with E-state index >= 15 is 0 Å². The third-order valence-electron chi connectivity index (χ3n) is 5.34. The minimum atomic E-state index is -3.07. The minimum Gasteiger partial charge on any atom is -0.466 e. The number of halogens is 2. The highest BCUT2D eigenvalue weighted by molar-refractivity contribution is 5.99. The topological polar surface area (TPSA) is 59.7 Å². The van der Waals surface area contributed by atoms with Crippen LogP contribution in [0.3, 0.4) is 0 Å². The molecule has 1 aromatic carbocycles. The lowest BCUT2D eigenvalue weighted by atomic mass is 10.0. The van der Waals surface area contributed by atoms with Crippen molar-refractivity contribution in [1.82, 2.24) is 19.3 Å². The van der Waals surface area contributed by atoms with Gasteiger partial charge in [-0.3, -0.25) is 4.79 Å². The molecule has 0 radical (unpaired) electrons. The van der Waals surface area contributed by atoms with E-state index in [0.717, 1.165) is 5.39 Å². The molecule has 0 spiro atoms. The second-order valence-corrected chi connectivity index (χ2v) is 7.29. The number of amides is 1. The van der Waals surface area contributed by atoms with E-state index in [1.165, 1.54) is 4.90 Å². The smallest absolute Gasteiger partial charge is 0.287 e. The number of aromatic nitrogens is 3. The van der Waals surface area contributed by atoms with Gasteiger partial charge >= 0.3 is 0 Å². The Balaban J connectivity index is 1.40. The summed E-state index contributed by atoms with van der Waals surface area (Å²) in [6, 6.07) is 14.1. The van der Waals surface area contributed by atoms with Crippen LogP contribution in [0.4, 0.5) is 8.78 Å². The maximum atomic E-state index is 14.6. The second kappa shape index (κ2) is 7.05. The molecule has 8 heteroatoms. The number of carbonyl (C=O) groups excluding carboxylic acids is 1. The molecule has 0 saturated carbocycles. The van der Waals surface area contributed by atoms with Gasteiger partial charge in [0, 0.05) is 43.0 Å². The van der Waals surface area contributed by atoms with Gasteiger partial charge in [-0.25, -0.2) is 18.7 Å². The van der Waals surface area contributed by atoms with Gasteiger partial charge in [-0.05, 0) is 24.3 Å². The normalized spacial score (nSPS) is 18.6. The predicted molar refractivity (Wildman–Crippen MR) is 107 cm³/mol. The quantitative estimate of drug-likeness (QED) is 0.517. The van der Waals surface area contributed by atoms with Crippen molar-refractivity contribution < 1.29 is 18.3 Å². The van der Waals surface area contributed by atoms with Crippen LogP contribution in [0, 0.1) is 0 Å². The third-order valence-corrected chi connectivity index (χ3v) is 5.34. The average molecular weight is 408 g/mol. The van der Waals surface area contributed by atoms with Crippen LogP contribution < -0.4 is 4.74 Å². The van der Waals surface area contributed by atoms with E-state index in [-0.39, 0.29) is 24.9 Å². The molecule has 30 heavy (non-hydrogen) atoms. The molecule has 1 saturated heterocycles. The van der Waals surface area contributed by atoms with Crippen molar-refractivity contribution in [3.63, 3.8) is 0 Å². The van der Waals surface area contributed by atoms with Crippen LogP contribution in [0.5, 0.6) is 5.88 Å². The molecule has 1 atom stereocenters. The maximum Gasteiger partial charge on any atom is 0.287 e. The van der Waals surface area contributed by atoms with Gasteiger partial charge in [-0.15, -0.1) is 0 Å². The second-order valence-electron chi connectivity index (χ2n) is 7.29. The summed E-state index contributed by atoms with van der Waals surface area (Å²) in [5, 5.41) is 0.893. The molecule has 6 nitrogen and oxygen atoms in total. The largest absolute Gasteiger partial charge is 0.466 e. The highest BCUT2D eigenvalue weighted by Crippen LogP contribution is 2.32. The lowest BCUT2D eigenvalue weighted by Crippen LogP contribution is -2.55. The van der Waals surface area contributed by atoms with Crippen molar-refractivity contribution in [2.45, 2.75) is 18.4 Å². The van der Waals surface area contributed by atoms with Gasteiger partial charge < -0.3 is 14.0 Å². The number of ether oxygens (including phenoxy) is 1. The number of carbonyl (C=O) groups is 1. The summed E-state index contributed by atoms with van der Waals surface area (Å²) in [5.41, 5.74) is 1.52. The van der Waals surface area contributed by atoms with Gasteiger partial charge in [0.15, 0.2) is 6.10 Å². The number of pyridine rings is 2. The Bertz CT molecular complexity index is 1240. The standard InChI is InChI=1S/C22H18F2N4O2/c23-22(24)9-12-28(21(29)16-5-3-11-27-13-10-25-20(16)27)14-18(22)30-19-8-7-15-4-1-2-6-17(15)26-19/h1-8,10-11,13,18H,9,12,14H2/t18-/m0/s1. The maximum absolute atomic E-state index is 14.6. The number of alkyl halides is 2. The van der Waals surface area contributed by atoms with Gasteiger partial charge in [0.05, 0.1) is 17.6 Å². The number of fused-ring (bicyclic) bond motifs is 2. The van der Waals surface area contributed by atoms with Gasteiger partial charge in [0.1, 0.15) is 5.65 Å². The fraction of sp³-hybridized carbons (Fsp3) is 0.227. The van der Waals surface area contributed by atoms with E-state index in [4.69, 9.17) is 4.74 Å². The lowest BCUT2D eigenvalue weighted by Gasteiger charge is -2.38. The number of benzene rings is 1. The number of imidazole rings is 1. The Hall–Kier alpha value is -3.55. The van der Waals surface area contributed by atoms with E-state index in [1.54, 1.807) is 53.3 Å². The molecule has 4 aromatic rings. The summed E-state index contributed by atoms with van der Waals surface area (Å²) in [6.07, 6.45) is 3.14. The number of hydrogen-bond acceptors (Lipinski definition) is 4. The first-order valence-corrected chi connectivity index (χ1v) is 9.62. The molecule has 152 valence electrons. The van der Waals surface area contributed by atoms with Crippen LogP contribution in [0.15, 0.2) is 67.1 Å². The summed E-state index contributed by atoms with van der Waals surface area (Å²) in [4.78, 5) is 23.0. The van der Waals surface area contributed by atoms with Crippen molar-refractivity contribution in [2.75, 3.05) is 13.1 Å². The first-order chi connectivity index (χ1) is 14.5. The van der Waals surface area contributed by atoms with E-state index in [2.05, 4.69) is 9.97 Å². The summed E-state index contributed by atoms with van der Waals surface area (Å²) in [6.45, 7) is -0.291. The fourth-order valence-electron chi connectivity index (χ4n) is 3.72. The summed E-state index contributed by atoms with van der Waals surface area (Å²) in [7, 11) is 0. The third kappa shape index (κ3) is 3.24. The summed E-state index contributed by atoms with van der Waals surface area (Å²) < 4.78 is 36.5. The number of nitrogens with zero attached hydrogens (tertiary/aromatic N) is 4. The zero-order chi connectivity index (χ0) is 20.7. The molecular formula is C22H18F2N4O2. The van der Waals surface area contributed by atoms with Crippen LogP contribution in [0.1, 0.15) is 16.8 Å². The first kappa shape index (κ1) is 18.5. The zero-order valence-corrected chi connectivity index (χ0v) is 15.9. The molecule has 1 amide bonds. The van der Waals surface area contributed by atoms with Crippen molar-refractivity contribution >= 4 is 22.5 Å². The molecule has 0 N–H and O–H groups in total. The Labute approximate surface area is 170 Å². The minimum absolute atomic E-state index is 0.0569. The molecule has 0 aliphatic carbocycles. The highest BCUT2D eigenvalue weighted by atomic mass is 19.3. The van der Waals surface area contributed by atoms with Crippen LogP contribution in [0.25, 0.3) is 16.6 Å². The first-order valence-electron chi connectivity index (χ1n) is 9.62. The molecule has 1 aliphatic heterocycles. The molecule has 3 aromatic heterocycles. The fourth-order valence-corrected chi connectivity index (χ4v) is 3.72. The van der Waals surface area contributed by atoms with Crippen molar-refractivity contribution in [1.29, 1.82) is 0 Å². The number of hydrogen-bond donors (Lipinski definition) is 0. The Morgan fingerprint density at radius 1 is 1.10 bits per heavy atom. The number of rotatable bonds is 3. The molecule has 1 fully saturated rings. The van der Waals surface area contributed by atoms with E-state index < -0.39 is 18.4 Å². The van der Waals surface area contributed by atoms with Gasteiger partial charge in [0.2, 0.25) is 5.88 Å². The van der Waals surface area contributed by atoms with Crippen LogP contribution >= 0.6 is 0 Å². The zero-order valence-electron chi connectivity index (χ0n) is 15.9. The van der Waals surface area contributed by atoms with Gasteiger partial charge in [0.25, 0.3) is 11.8 Å². The van der Waals surface area contributed by atoms with Crippen LogP contribution in [-0.2, 0) is 0 Å². The van der Waals surface area contributed by atoms with Crippen molar-refractivity contribution in [3.8, 4) is 5.88 Å². The van der Waals surface area contributed by atoms with Gasteiger partial charge in [-0.2, -0.15) is 0 Å². The molecule has 5 rings (SSSR count). The SMILES string of the molecule is O=C(c1cccn2ccnc12)N1CCC(F)(F)[C@@H](Oc2ccc3ccccc3n2)C1. The Morgan fingerprint density at radius 3 is 2.87 bits per heavy atom. The molecular weight excluding hydrogens is 390 g/mol.